The molecule has 4 rings (SSSR count). The highest BCUT2D eigenvalue weighted by molar-refractivity contribution is 7.80. The molecule has 0 amide bonds. The molecule has 1 N–H and O–H groups in total. The molecule has 1 saturated heterocycles. The molecule has 184 valence electrons. The Labute approximate surface area is 221 Å². The van der Waals surface area contributed by atoms with E-state index in [9.17, 15) is 9.90 Å². The van der Waals surface area contributed by atoms with Gasteiger partial charge in [-0.25, -0.2) is 0 Å². The minimum atomic E-state index is -1.21. The first-order chi connectivity index (χ1) is 16.5. The third-order valence-corrected chi connectivity index (χ3v) is 7.49. The second-order valence-electron chi connectivity index (χ2n) is 10.2. The first-order valence-electron chi connectivity index (χ1n) is 11.7. The van der Waals surface area contributed by atoms with Crippen LogP contribution in [0.5, 0.6) is 0 Å². The summed E-state index contributed by atoms with van der Waals surface area (Å²) in [6.45, 7) is 6.43. The van der Waals surface area contributed by atoms with Gasteiger partial charge in [-0.05, 0) is 65.9 Å². The number of nitrogens with one attached hydrogen (secondary N) is 1. The zero-order valence-corrected chi connectivity index (χ0v) is 22.3. The van der Waals surface area contributed by atoms with Gasteiger partial charge in [0.25, 0.3) is 0 Å². The van der Waals surface area contributed by atoms with Crippen LogP contribution < -0.4 is 15.3 Å². The zero-order valence-electron chi connectivity index (χ0n) is 20.0. The number of hydrogen-bond donors (Lipinski definition) is 1. The number of halogens is 2. The summed E-state index contributed by atoms with van der Waals surface area (Å²) < 4.78 is 0. The Balaban J connectivity index is 1.75. The second kappa shape index (κ2) is 9.92. The van der Waals surface area contributed by atoms with Crippen LogP contribution in [-0.2, 0) is 0 Å². The number of aromatic carboxylic acids is 1. The fourth-order valence-electron chi connectivity index (χ4n) is 4.78. The van der Waals surface area contributed by atoms with Gasteiger partial charge in [-0.3, -0.25) is 4.99 Å². The molecule has 1 aliphatic carbocycles. The molecular formula is C27H28Cl2N3O2S-. The summed E-state index contributed by atoms with van der Waals surface area (Å²) in [7, 11) is 0. The Morgan fingerprint density at radius 3 is 2.54 bits per heavy atom. The van der Waals surface area contributed by atoms with E-state index < -0.39 is 11.5 Å². The lowest BCUT2D eigenvalue weighted by molar-refractivity contribution is -0.255. The van der Waals surface area contributed by atoms with E-state index in [0.717, 1.165) is 42.8 Å². The molecule has 1 heterocycles. The Hall–Kier alpha value is -2.41. The molecule has 1 saturated carbocycles. The first-order valence-corrected chi connectivity index (χ1v) is 12.8. The number of carboxylic acids is 1. The number of benzene rings is 2. The van der Waals surface area contributed by atoms with E-state index >= 15 is 0 Å². The SMILES string of the molecule is CC(C)(C)[C@@H](/C=C/c1ccc(Cl)cc1Cl)N=C1NC(=S)N(c2cccc(C(=O)[O-])c2)C12CCCC2. The monoisotopic (exact) mass is 528 g/mol. The van der Waals surface area contributed by atoms with Crippen LogP contribution in [-0.4, -0.2) is 28.5 Å². The first kappa shape index (κ1) is 25.7. The number of carbonyl (C=O) groups excluding carboxylic acids is 1. The molecule has 2 aromatic carbocycles. The van der Waals surface area contributed by atoms with Gasteiger partial charge in [0.1, 0.15) is 11.4 Å². The van der Waals surface area contributed by atoms with Crippen molar-refractivity contribution in [3.63, 3.8) is 0 Å². The zero-order chi connectivity index (χ0) is 25.4. The molecule has 0 radical (unpaired) electrons. The molecule has 0 unspecified atom stereocenters. The minimum absolute atomic E-state index is 0.124. The van der Waals surface area contributed by atoms with Gasteiger partial charge >= 0.3 is 0 Å². The summed E-state index contributed by atoms with van der Waals surface area (Å²) in [6.07, 6.45) is 7.87. The molecule has 8 heteroatoms. The van der Waals surface area contributed by atoms with Gasteiger partial charge in [-0.1, -0.05) is 87.2 Å². The highest BCUT2D eigenvalue weighted by Gasteiger charge is 2.51. The Morgan fingerprint density at radius 1 is 1.20 bits per heavy atom. The summed E-state index contributed by atoms with van der Waals surface area (Å²) in [5.74, 6) is -0.385. The third-order valence-electron chi connectivity index (χ3n) is 6.64. The van der Waals surface area contributed by atoms with Crippen molar-refractivity contribution >= 4 is 64.1 Å². The van der Waals surface area contributed by atoms with Crippen LogP contribution in [0.3, 0.4) is 0 Å². The van der Waals surface area contributed by atoms with E-state index in [1.165, 1.54) is 6.07 Å². The van der Waals surface area contributed by atoms with Gasteiger partial charge in [-0.2, -0.15) is 0 Å². The lowest BCUT2D eigenvalue weighted by Crippen LogP contribution is -2.48. The van der Waals surface area contributed by atoms with Crippen LogP contribution in [0.4, 0.5) is 5.69 Å². The molecule has 1 aliphatic heterocycles. The fraction of sp³-hybridized carbons (Fsp3) is 0.370. The number of hydrogen-bond acceptors (Lipinski definition) is 4. The smallest absolute Gasteiger partial charge is 0.179 e. The molecule has 1 atom stereocenters. The number of carbonyl (C=O) groups is 1. The molecule has 2 fully saturated rings. The topological polar surface area (TPSA) is 67.8 Å². The Morgan fingerprint density at radius 2 is 1.91 bits per heavy atom. The Kier molecular flexibility index (Phi) is 7.28. The molecule has 35 heavy (non-hydrogen) atoms. The van der Waals surface area contributed by atoms with Crippen LogP contribution >= 0.6 is 35.4 Å². The lowest BCUT2D eigenvalue weighted by Gasteiger charge is -2.36. The van der Waals surface area contributed by atoms with Crippen LogP contribution in [0.15, 0.2) is 53.5 Å². The summed E-state index contributed by atoms with van der Waals surface area (Å²) in [6, 6.07) is 12.0. The van der Waals surface area contributed by atoms with Crippen molar-refractivity contribution < 1.29 is 9.90 Å². The fourth-order valence-corrected chi connectivity index (χ4v) is 5.63. The Bertz CT molecular complexity index is 1210. The molecule has 0 aromatic heterocycles. The van der Waals surface area contributed by atoms with Gasteiger partial charge in [0.2, 0.25) is 0 Å². The normalized spacial score (nSPS) is 19.6. The van der Waals surface area contributed by atoms with Gasteiger partial charge in [0.05, 0.1) is 12.0 Å². The number of nitrogens with zero attached hydrogens (tertiary/aromatic N) is 2. The lowest BCUT2D eigenvalue weighted by atomic mass is 9.86. The maximum Gasteiger partial charge on any atom is 0.179 e. The number of aliphatic imine (C=N–C) groups is 1. The molecular weight excluding hydrogens is 501 g/mol. The highest BCUT2D eigenvalue weighted by Crippen LogP contribution is 2.43. The second-order valence-corrected chi connectivity index (χ2v) is 11.4. The van der Waals surface area contributed by atoms with Crippen LogP contribution in [0.25, 0.3) is 6.08 Å². The number of amidine groups is 1. The molecule has 0 bridgehead atoms. The summed E-state index contributed by atoms with van der Waals surface area (Å²) >= 11 is 18.2. The van der Waals surface area contributed by atoms with Crippen molar-refractivity contribution in [1.82, 2.24) is 5.32 Å². The predicted molar refractivity (Wildman–Crippen MR) is 146 cm³/mol. The van der Waals surface area contributed by atoms with Gasteiger partial charge in [-0.15, -0.1) is 0 Å². The van der Waals surface area contributed by atoms with Crippen molar-refractivity contribution in [3.8, 4) is 0 Å². The van der Waals surface area contributed by atoms with E-state index in [0.29, 0.717) is 15.2 Å². The maximum absolute atomic E-state index is 11.5. The van der Waals surface area contributed by atoms with Crippen LogP contribution in [0.2, 0.25) is 10.0 Å². The molecule has 2 aromatic rings. The molecule has 5 nitrogen and oxygen atoms in total. The average molecular weight is 530 g/mol. The van der Waals surface area contributed by atoms with Crippen molar-refractivity contribution in [2.45, 2.75) is 58.0 Å². The van der Waals surface area contributed by atoms with E-state index in [-0.39, 0.29) is 17.0 Å². The molecule has 1 spiro atoms. The quantitative estimate of drug-likeness (QED) is 0.490. The minimum Gasteiger partial charge on any atom is -0.545 e. The third kappa shape index (κ3) is 5.25. The van der Waals surface area contributed by atoms with Crippen molar-refractivity contribution in [2.24, 2.45) is 10.4 Å². The number of anilines is 1. The highest BCUT2D eigenvalue weighted by atomic mass is 35.5. The van der Waals surface area contributed by atoms with Crippen LogP contribution in [0.1, 0.15) is 62.4 Å². The maximum atomic E-state index is 11.5. The van der Waals surface area contributed by atoms with Crippen molar-refractivity contribution in [1.29, 1.82) is 0 Å². The van der Waals surface area contributed by atoms with Gasteiger partial charge in [0.15, 0.2) is 5.11 Å². The number of thiocarbonyl (C=S) groups is 1. The van der Waals surface area contributed by atoms with Crippen molar-refractivity contribution in [3.05, 3.63) is 69.7 Å². The summed E-state index contributed by atoms with van der Waals surface area (Å²) in [4.78, 5) is 18.7. The van der Waals surface area contributed by atoms with E-state index in [2.05, 4.69) is 32.2 Å². The summed E-state index contributed by atoms with van der Waals surface area (Å²) in [5.41, 5.74) is 1.12. The van der Waals surface area contributed by atoms with Crippen LogP contribution in [0, 0.1) is 5.41 Å². The van der Waals surface area contributed by atoms with E-state index in [1.54, 1.807) is 18.2 Å². The average Bonchev–Trinajstić information content (AvgIpc) is 3.36. The standard InChI is InChI=1S/C27H29Cl2N3O2S/c1-26(2,3)22(12-10-17-9-11-19(28)16-21(17)29)30-24-27(13-4-5-14-27)32(25(35)31-24)20-8-6-7-18(15-20)23(33)34/h6-12,15-16,22H,4-5,13-14H2,1-3H3,(H,33,34)(H,30,31,35)/p-1/b12-10+/t22-/m1/s1. The van der Waals surface area contributed by atoms with E-state index in [4.69, 9.17) is 40.4 Å². The van der Waals surface area contributed by atoms with Gasteiger partial charge < -0.3 is 20.1 Å². The van der Waals surface area contributed by atoms with Gasteiger partial charge in [0, 0.05) is 15.7 Å². The number of rotatable bonds is 5. The predicted octanol–water partition coefficient (Wildman–Crippen LogP) is 5.89. The van der Waals surface area contributed by atoms with E-state index in [1.807, 2.05) is 29.2 Å². The molecule has 2 aliphatic rings. The van der Waals surface area contributed by atoms with Crippen molar-refractivity contribution in [2.75, 3.05) is 4.90 Å². The summed E-state index contributed by atoms with van der Waals surface area (Å²) in [5, 5.41) is 16.6. The number of carboxylic acid groups (broad SMARTS) is 1. The largest absolute Gasteiger partial charge is 0.545 e.